The Morgan fingerprint density at radius 3 is 2.32 bits per heavy atom. The molecule has 162 valence electrons. The van der Waals surface area contributed by atoms with Crippen molar-refractivity contribution in [3.8, 4) is 5.75 Å². The monoisotopic (exact) mass is 418 g/mol. The van der Waals surface area contributed by atoms with Gasteiger partial charge < -0.3 is 9.64 Å². The van der Waals surface area contributed by atoms with Crippen molar-refractivity contribution in [3.63, 3.8) is 0 Å². The fourth-order valence-electron chi connectivity index (χ4n) is 4.09. The van der Waals surface area contributed by atoms with Crippen LogP contribution >= 0.6 is 0 Å². The highest BCUT2D eigenvalue weighted by atomic mass is 16.5. The standard InChI is InChI=1S/C25H30N4O2/c1-19-15-20(2)29(26-19)18-22-5-4-6-23(16-22)25(30)28-13-11-27(12-14-28)17-21-7-9-24(31-3)10-8-21/h4-10,15-16H,11-14,17-18H2,1-3H3. The summed E-state index contributed by atoms with van der Waals surface area (Å²) in [6.07, 6.45) is 0. The Morgan fingerprint density at radius 1 is 0.935 bits per heavy atom. The van der Waals surface area contributed by atoms with Gasteiger partial charge in [-0.3, -0.25) is 14.4 Å². The van der Waals surface area contributed by atoms with Gasteiger partial charge in [0.2, 0.25) is 0 Å². The van der Waals surface area contributed by atoms with Crippen LogP contribution in [0, 0.1) is 13.8 Å². The summed E-state index contributed by atoms with van der Waals surface area (Å²) in [4.78, 5) is 17.4. The number of carbonyl (C=O) groups is 1. The van der Waals surface area contributed by atoms with Crippen LogP contribution in [0.4, 0.5) is 0 Å². The molecule has 1 aromatic heterocycles. The van der Waals surface area contributed by atoms with Gasteiger partial charge in [0.1, 0.15) is 5.75 Å². The van der Waals surface area contributed by atoms with Crippen LogP contribution in [0.25, 0.3) is 0 Å². The van der Waals surface area contributed by atoms with Crippen LogP contribution in [0.2, 0.25) is 0 Å². The number of hydrogen-bond donors (Lipinski definition) is 0. The maximum atomic E-state index is 13.1. The summed E-state index contributed by atoms with van der Waals surface area (Å²) >= 11 is 0. The Labute approximate surface area is 184 Å². The van der Waals surface area contributed by atoms with Gasteiger partial charge in [-0.2, -0.15) is 5.10 Å². The predicted molar refractivity (Wildman–Crippen MR) is 121 cm³/mol. The average Bonchev–Trinajstić information content (AvgIpc) is 3.11. The Kier molecular flexibility index (Phi) is 6.37. The van der Waals surface area contributed by atoms with E-state index in [-0.39, 0.29) is 5.91 Å². The summed E-state index contributed by atoms with van der Waals surface area (Å²) in [5.41, 5.74) is 5.25. The fraction of sp³-hybridized carbons (Fsp3) is 0.360. The fourth-order valence-corrected chi connectivity index (χ4v) is 4.09. The van der Waals surface area contributed by atoms with Crippen LogP contribution < -0.4 is 4.74 Å². The van der Waals surface area contributed by atoms with E-state index in [1.165, 1.54) is 5.56 Å². The van der Waals surface area contributed by atoms with Gasteiger partial charge in [0.05, 0.1) is 19.3 Å². The number of methoxy groups -OCH3 is 1. The highest BCUT2D eigenvalue weighted by Gasteiger charge is 2.22. The maximum absolute atomic E-state index is 13.1. The van der Waals surface area contributed by atoms with Crippen molar-refractivity contribution in [1.29, 1.82) is 0 Å². The molecule has 0 saturated carbocycles. The molecule has 0 atom stereocenters. The minimum atomic E-state index is 0.110. The van der Waals surface area contributed by atoms with E-state index in [2.05, 4.69) is 41.2 Å². The predicted octanol–water partition coefficient (Wildman–Crippen LogP) is 3.51. The minimum absolute atomic E-state index is 0.110. The van der Waals surface area contributed by atoms with Gasteiger partial charge in [-0.05, 0) is 55.3 Å². The lowest BCUT2D eigenvalue weighted by Gasteiger charge is -2.35. The summed E-state index contributed by atoms with van der Waals surface area (Å²) in [5, 5.41) is 4.53. The first-order valence-electron chi connectivity index (χ1n) is 10.8. The highest BCUT2D eigenvalue weighted by molar-refractivity contribution is 5.94. The Hall–Kier alpha value is -3.12. The first-order valence-corrected chi connectivity index (χ1v) is 10.8. The van der Waals surface area contributed by atoms with Crippen molar-refractivity contribution < 1.29 is 9.53 Å². The van der Waals surface area contributed by atoms with Crippen LogP contribution in [0.15, 0.2) is 54.6 Å². The third-order valence-corrected chi connectivity index (χ3v) is 5.83. The van der Waals surface area contributed by atoms with E-state index in [9.17, 15) is 4.79 Å². The summed E-state index contributed by atoms with van der Waals surface area (Å²) < 4.78 is 7.21. The maximum Gasteiger partial charge on any atom is 0.253 e. The molecule has 4 rings (SSSR count). The first-order chi connectivity index (χ1) is 15.0. The van der Waals surface area contributed by atoms with E-state index < -0.39 is 0 Å². The molecule has 0 spiro atoms. The second-order valence-electron chi connectivity index (χ2n) is 8.20. The molecule has 6 nitrogen and oxygen atoms in total. The second kappa shape index (κ2) is 9.35. The number of aromatic nitrogens is 2. The van der Waals surface area contributed by atoms with Gasteiger partial charge in [-0.15, -0.1) is 0 Å². The Balaban J connectivity index is 1.34. The molecule has 1 amide bonds. The molecule has 0 radical (unpaired) electrons. The third-order valence-electron chi connectivity index (χ3n) is 5.83. The molecule has 3 aromatic rings. The summed E-state index contributed by atoms with van der Waals surface area (Å²) in [6, 6.07) is 18.2. The molecule has 2 aromatic carbocycles. The number of hydrogen-bond acceptors (Lipinski definition) is 4. The summed E-state index contributed by atoms with van der Waals surface area (Å²) in [5.74, 6) is 0.985. The zero-order valence-electron chi connectivity index (χ0n) is 18.5. The molecule has 2 heterocycles. The van der Waals surface area contributed by atoms with Crippen LogP contribution in [0.1, 0.15) is 32.9 Å². The second-order valence-corrected chi connectivity index (χ2v) is 8.20. The van der Waals surface area contributed by atoms with E-state index in [1.807, 2.05) is 46.8 Å². The van der Waals surface area contributed by atoms with Gasteiger partial charge in [-0.25, -0.2) is 0 Å². The van der Waals surface area contributed by atoms with Gasteiger partial charge in [0.25, 0.3) is 5.91 Å². The Bertz CT molecular complexity index is 1030. The van der Waals surface area contributed by atoms with Crippen LogP contribution in [-0.4, -0.2) is 58.8 Å². The van der Waals surface area contributed by atoms with E-state index in [0.717, 1.165) is 61.0 Å². The third kappa shape index (κ3) is 5.14. The van der Waals surface area contributed by atoms with Crippen LogP contribution in [0.3, 0.4) is 0 Å². The molecule has 0 aliphatic carbocycles. The largest absolute Gasteiger partial charge is 0.497 e. The summed E-state index contributed by atoms with van der Waals surface area (Å²) in [7, 11) is 1.68. The van der Waals surface area contributed by atoms with E-state index in [0.29, 0.717) is 6.54 Å². The minimum Gasteiger partial charge on any atom is -0.497 e. The zero-order valence-corrected chi connectivity index (χ0v) is 18.5. The lowest BCUT2D eigenvalue weighted by Crippen LogP contribution is -2.48. The van der Waals surface area contributed by atoms with Gasteiger partial charge >= 0.3 is 0 Å². The van der Waals surface area contributed by atoms with E-state index in [4.69, 9.17) is 4.74 Å². The van der Waals surface area contributed by atoms with Crippen molar-refractivity contribution in [2.75, 3.05) is 33.3 Å². The number of rotatable bonds is 6. The van der Waals surface area contributed by atoms with Crippen molar-refractivity contribution in [1.82, 2.24) is 19.6 Å². The molecule has 1 fully saturated rings. The molecule has 1 saturated heterocycles. The normalized spacial score (nSPS) is 14.6. The number of aryl methyl sites for hydroxylation is 2. The number of benzene rings is 2. The number of nitrogens with zero attached hydrogens (tertiary/aromatic N) is 4. The smallest absolute Gasteiger partial charge is 0.253 e. The molecule has 1 aliphatic heterocycles. The van der Waals surface area contributed by atoms with E-state index in [1.54, 1.807) is 7.11 Å². The Morgan fingerprint density at radius 2 is 1.68 bits per heavy atom. The van der Waals surface area contributed by atoms with Gasteiger partial charge in [-0.1, -0.05) is 24.3 Å². The van der Waals surface area contributed by atoms with Gasteiger partial charge in [0.15, 0.2) is 0 Å². The lowest BCUT2D eigenvalue weighted by molar-refractivity contribution is 0.0628. The highest BCUT2D eigenvalue weighted by Crippen LogP contribution is 2.16. The molecule has 0 unspecified atom stereocenters. The van der Waals surface area contributed by atoms with Crippen molar-refractivity contribution >= 4 is 5.91 Å². The van der Waals surface area contributed by atoms with Crippen molar-refractivity contribution in [2.45, 2.75) is 26.9 Å². The number of ether oxygens (including phenoxy) is 1. The number of carbonyl (C=O) groups excluding carboxylic acids is 1. The lowest BCUT2D eigenvalue weighted by atomic mass is 10.1. The molecule has 31 heavy (non-hydrogen) atoms. The van der Waals surface area contributed by atoms with Crippen molar-refractivity contribution in [3.05, 3.63) is 82.7 Å². The number of amides is 1. The van der Waals surface area contributed by atoms with Gasteiger partial charge in [0, 0.05) is 44.0 Å². The van der Waals surface area contributed by atoms with Crippen LogP contribution in [-0.2, 0) is 13.1 Å². The molecular formula is C25H30N4O2. The zero-order chi connectivity index (χ0) is 21.8. The average molecular weight is 419 g/mol. The topological polar surface area (TPSA) is 50.6 Å². The quantitative estimate of drug-likeness (QED) is 0.615. The molecule has 1 aliphatic rings. The van der Waals surface area contributed by atoms with E-state index >= 15 is 0 Å². The number of piperazine rings is 1. The molecule has 0 N–H and O–H groups in total. The molecule has 6 heteroatoms. The molecule has 0 bridgehead atoms. The first kappa shape index (κ1) is 21.1. The van der Waals surface area contributed by atoms with Crippen LogP contribution in [0.5, 0.6) is 5.75 Å². The SMILES string of the molecule is COc1ccc(CN2CCN(C(=O)c3cccc(Cn4nc(C)cc4C)c3)CC2)cc1. The van der Waals surface area contributed by atoms with Crippen molar-refractivity contribution in [2.24, 2.45) is 0 Å². The summed E-state index contributed by atoms with van der Waals surface area (Å²) in [6.45, 7) is 8.87. The molecular weight excluding hydrogens is 388 g/mol.